The summed E-state index contributed by atoms with van der Waals surface area (Å²) in [5.41, 5.74) is 3.30. The van der Waals surface area contributed by atoms with E-state index in [1.54, 1.807) is 18.2 Å². The molecule has 9 heteroatoms. The number of hydrogen-bond acceptors (Lipinski definition) is 6. The number of halogens is 1. The molecule has 4 rings (SSSR count). The normalized spacial score (nSPS) is 21.1. The van der Waals surface area contributed by atoms with Gasteiger partial charge in [0, 0.05) is 35.7 Å². The van der Waals surface area contributed by atoms with Crippen LogP contribution in [0.5, 0.6) is 11.5 Å². The van der Waals surface area contributed by atoms with Crippen LogP contribution in [0, 0.1) is 13.8 Å². The maximum atomic E-state index is 12.6. The molecule has 2 heterocycles. The summed E-state index contributed by atoms with van der Waals surface area (Å²) in [6.07, 6.45) is -2.08. The third kappa shape index (κ3) is 6.07. The first-order valence-electron chi connectivity index (χ1n) is 11.5. The molecule has 2 N–H and O–H groups in total. The molecule has 0 radical (unpaired) electrons. The minimum absolute atomic E-state index is 0.126. The van der Waals surface area contributed by atoms with Crippen molar-refractivity contribution < 1.29 is 28.9 Å². The van der Waals surface area contributed by atoms with Gasteiger partial charge < -0.3 is 24.6 Å². The average Bonchev–Trinajstić information content (AvgIpc) is 3.18. The van der Waals surface area contributed by atoms with E-state index in [0.29, 0.717) is 35.0 Å². The fourth-order valence-corrected chi connectivity index (χ4v) is 4.41. The van der Waals surface area contributed by atoms with E-state index in [1.807, 2.05) is 26.0 Å². The van der Waals surface area contributed by atoms with Gasteiger partial charge in [-0.3, -0.25) is 9.69 Å². The summed E-state index contributed by atoms with van der Waals surface area (Å²) in [5, 5.41) is 13.6. The summed E-state index contributed by atoms with van der Waals surface area (Å²) in [5.74, 6) is 0.826. The molecule has 3 atom stereocenters. The molecule has 2 aliphatic rings. The van der Waals surface area contributed by atoms with E-state index in [4.69, 9.17) is 25.8 Å². The van der Waals surface area contributed by atoms with Gasteiger partial charge in [-0.1, -0.05) is 24.2 Å². The number of nitrogens with zero attached hydrogens (tertiary/aromatic N) is 1. The van der Waals surface area contributed by atoms with Crippen LogP contribution in [0.15, 0.2) is 48.7 Å². The number of aliphatic hydroxyl groups excluding tert-OH is 1. The van der Waals surface area contributed by atoms with Gasteiger partial charge in [-0.15, -0.1) is 0 Å². The van der Waals surface area contributed by atoms with Gasteiger partial charge in [0.25, 0.3) is 5.91 Å². The van der Waals surface area contributed by atoms with Crippen molar-refractivity contribution in [2.45, 2.75) is 45.0 Å². The van der Waals surface area contributed by atoms with Crippen molar-refractivity contribution in [1.82, 2.24) is 10.2 Å². The van der Waals surface area contributed by atoms with Crippen LogP contribution in [0.4, 0.5) is 4.79 Å². The quantitative estimate of drug-likeness (QED) is 0.567. The molecule has 1 unspecified atom stereocenters. The van der Waals surface area contributed by atoms with E-state index in [2.05, 4.69) is 18.0 Å². The zero-order valence-electron chi connectivity index (χ0n) is 19.8. The van der Waals surface area contributed by atoms with Crippen LogP contribution in [0.1, 0.15) is 35.6 Å². The Kier molecular flexibility index (Phi) is 7.52. The largest absolute Gasteiger partial charge is 0.490 e. The molecule has 0 aromatic heterocycles. The minimum Gasteiger partial charge on any atom is -0.490 e. The van der Waals surface area contributed by atoms with Crippen LogP contribution in [0.3, 0.4) is 0 Å². The number of fused-ring (bicyclic) bond motifs is 1. The number of aliphatic hydroxyl groups is 1. The lowest BCUT2D eigenvalue weighted by Crippen LogP contribution is -2.42. The van der Waals surface area contributed by atoms with Crippen molar-refractivity contribution >= 4 is 23.6 Å². The molecule has 2 amide bonds. The van der Waals surface area contributed by atoms with E-state index in [0.717, 1.165) is 16.9 Å². The number of rotatable bonds is 8. The van der Waals surface area contributed by atoms with E-state index < -0.39 is 24.4 Å². The van der Waals surface area contributed by atoms with Crippen LogP contribution in [-0.2, 0) is 9.53 Å². The van der Waals surface area contributed by atoms with Crippen LogP contribution >= 0.6 is 11.6 Å². The number of aryl methyl sites for hydroxylation is 2. The molecule has 0 bridgehead atoms. The Labute approximate surface area is 209 Å². The van der Waals surface area contributed by atoms with E-state index >= 15 is 0 Å². The predicted octanol–water partition coefficient (Wildman–Crippen LogP) is 4.06. The zero-order chi connectivity index (χ0) is 25.1. The number of carbonyl (C=O) groups excluding carboxylic acids is 2. The van der Waals surface area contributed by atoms with Crippen LogP contribution in [0.25, 0.3) is 0 Å². The standard InChI is InChI=1S/C26H29ClN2O6/c1-15-8-16(2)10-19(9-15)33-14-20-13-29(26(32)34-20)17(3)6-7-28-25(31)24-12-22(30)21-11-18(27)4-5-23(21)35-24/h4-5,8-11,20,22,24,30H,3,6-7,12-14H2,1-2H3,(H,28,31)/t20?,22-,24-/m1/s1. The highest BCUT2D eigenvalue weighted by atomic mass is 35.5. The summed E-state index contributed by atoms with van der Waals surface area (Å²) in [4.78, 5) is 26.4. The highest BCUT2D eigenvalue weighted by Crippen LogP contribution is 2.36. The van der Waals surface area contributed by atoms with E-state index in [1.165, 1.54) is 4.90 Å². The molecule has 186 valence electrons. The van der Waals surface area contributed by atoms with Crippen molar-refractivity contribution in [2.24, 2.45) is 0 Å². The van der Waals surface area contributed by atoms with E-state index in [9.17, 15) is 14.7 Å². The van der Waals surface area contributed by atoms with Gasteiger partial charge in [-0.25, -0.2) is 4.79 Å². The van der Waals surface area contributed by atoms with Crippen LogP contribution < -0.4 is 14.8 Å². The third-order valence-electron chi connectivity index (χ3n) is 5.93. The maximum absolute atomic E-state index is 12.6. The van der Waals surface area contributed by atoms with Gasteiger partial charge in [0.05, 0.1) is 12.6 Å². The van der Waals surface area contributed by atoms with Crippen molar-refractivity contribution in [1.29, 1.82) is 0 Å². The second-order valence-corrected chi connectivity index (χ2v) is 9.33. The van der Waals surface area contributed by atoms with Gasteiger partial charge in [0.15, 0.2) is 12.2 Å². The highest BCUT2D eigenvalue weighted by molar-refractivity contribution is 6.30. The summed E-state index contributed by atoms with van der Waals surface area (Å²) in [7, 11) is 0. The van der Waals surface area contributed by atoms with Gasteiger partial charge >= 0.3 is 6.09 Å². The minimum atomic E-state index is -0.842. The lowest BCUT2D eigenvalue weighted by molar-refractivity contribution is -0.130. The lowest BCUT2D eigenvalue weighted by atomic mass is 9.98. The Balaban J connectivity index is 1.22. The second-order valence-electron chi connectivity index (χ2n) is 8.90. The molecule has 2 aliphatic heterocycles. The molecule has 1 fully saturated rings. The summed E-state index contributed by atoms with van der Waals surface area (Å²) in [6, 6.07) is 10.9. The molecular weight excluding hydrogens is 472 g/mol. The number of amides is 2. The zero-order valence-corrected chi connectivity index (χ0v) is 20.5. The molecule has 0 aliphatic carbocycles. The smallest absolute Gasteiger partial charge is 0.414 e. The first kappa shape index (κ1) is 24.9. The van der Waals surface area contributed by atoms with Gasteiger partial charge in [0.1, 0.15) is 18.1 Å². The maximum Gasteiger partial charge on any atom is 0.414 e. The molecule has 1 saturated heterocycles. The Hall–Kier alpha value is -3.23. The van der Waals surface area contributed by atoms with Gasteiger partial charge in [0.2, 0.25) is 0 Å². The highest BCUT2D eigenvalue weighted by Gasteiger charge is 2.34. The lowest BCUT2D eigenvalue weighted by Gasteiger charge is -2.29. The molecule has 0 spiro atoms. The molecule has 2 aromatic carbocycles. The molecular formula is C26H29ClN2O6. The molecule has 35 heavy (non-hydrogen) atoms. The Morgan fingerprint density at radius 1 is 1.23 bits per heavy atom. The van der Waals surface area contributed by atoms with Gasteiger partial charge in [-0.2, -0.15) is 0 Å². The van der Waals surface area contributed by atoms with Crippen molar-refractivity contribution in [3.05, 3.63) is 70.4 Å². The Morgan fingerprint density at radius 2 is 1.97 bits per heavy atom. The van der Waals surface area contributed by atoms with Crippen LogP contribution in [0.2, 0.25) is 5.02 Å². The number of benzene rings is 2. The fraction of sp³-hybridized carbons (Fsp3) is 0.385. The Morgan fingerprint density at radius 3 is 2.71 bits per heavy atom. The number of carbonyl (C=O) groups is 2. The number of hydrogen-bond donors (Lipinski definition) is 2. The molecule has 8 nitrogen and oxygen atoms in total. The van der Waals surface area contributed by atoms with Crippen molar-refractivity contribution in [3.63, 3.8) is 0 Å². The fourth-order valence-electron chi connectivity index (χ4n) is 4.23. The first-order valence-corrected chi connectivity index (χ1v) is 11.9. The van der Waals surface area contributed by atoms with Crippen molar-refractivity contribution in [3.8, 4) is 11.5 Å². The monoisotopic (exact) mass is 500 g/mol. The van der Waals surface area contributed by atoms with Crippen LogP contribution in [-0.4, -0.2) is 53.9 Å². The summed E-state index contributed by atoms with van der Waals surface area (Å²) in [6.45, 7) is 8.79. The van der Waals surface area contributed by atoms with Gasteiger partial charge in [-0.05, 0) is 55.3 Å². The molecule has 2 aromatic rings. The van der Waals surface area contributed by atoms with Crippen molar-refractivity contribution in [2.75, 3.05) is 19.7 Å². The Bertz CT molecular complexity index is 1120. The predicted molar refractivity (Wildman–Crippen MR) is 131 cm³/mol. The molecule has 0 saturated carbocycles. The number of nitrogens with one attached hydrogen (secondary N) is 1. The number of ether oxygens (including phenoxy) is 3. The number of cyclic esters (lactones) is 1. The first-order chi connectivity index (χ1) is 16.7. The third-order valence-corrected chi connectivity index (χ3v) is 6.16. The SMILES string of the molecule is C=C(CCNC(=O)[C@H]1C[C@@H](O)c2cc(Cl)ccc2O1)N1CC(COc2cc(C)cc(C)c2)OC1=O. The summed E-state index contributed by atoms with van der Waals surface area (Å²) < 4.78 is 17.0. The van der Waals surface area contributed by atoms with E-state index in [-0.39, 0.29) is 25.5 Å². The average molecular weight is 501 g/mol. The summed E-state index contributed by atoms with van der Waals surface area (Å²) >= 11 is 5.97. The topological polar surface area (TPSA) is 97.3 Å². The second kappa shape index (κ2) is 10.6.